The number of hydrogen-bond acceptors (Lipinski definition) is 4. The van der Waals surface area contributed by atoms with Crippen molar-refractivity contribution in [1.29, 1.82) is 0 Å². The number of rotatable bonds is 6. The van der Waals surface area contributed by atoms with Gasteiger partial charge in [0, 0.05) is 12.2 Å². The normalized spacial score (nSPS) is 25.1. The van der Waals surface area contributed by atoms with E-state index in [1.54, 1.807) is 0 Å². The number of carbonyl (C=O) groups excluding carboxylic acids is 1. The van der Waals surface area contributed by atoms with Gasteiger partial charge in [-0.05, 0) is 18.8 Å². The first kappa shape index (κ1) is 14.0. The molecule has 1 saturated carbocycles. The number of carboxylic acid groups (broad SMARTS) is 1. The van der Waals surface area contributed by atoms with E-state index >= 15 is 0 Å². The molecule has 0 saturated heterocycles. The molecule has 7 heteroatoms. The maximum atomic E-state index is 11.5. The molecule has 0 aromatic heterocycles. The Hall–Kier alpha value is -1.11. The Kier molecular flexibility index (Phi) is 4.13. The molecular weight excluding hydrogens is 246 g/mol. The van der Waals surface area contributed by atoms with Crippen LogP contribution >= 0.6 is 0 Å². The summed E-state index contributed by atoms with van der Waals surface area (Å²) in [6, 6.07) is -1.12. The second-order valence-electron chi connectivity index (χ2n) is 4.64. The Morgan fingerprint density at radius 3 is 2.35 bits per heavy atom. The lowest BCUT2D eigenvalue weighted by Crippen LogP contribution is -2.42. The second-order valence-corrected chi connectivity index (χ2v) is 6.90. The van der Waals surface area contributed by atoms with Gasteiger partial charge in [-0.1, -0.05) is 6.92 Å². The molecule has 1 rings (SSSR count). The number of carboxylic acids is 1. The highest BCUT2D eigenvalue weighted by Crippen LogP contribution is 2.37. The van der Waals surface area contributed by atoms with Gasteiger partial charge in [-0.25, -0.2) is 13.2 Å². The number of nitrogens with one attached hydrogen (secondary N) is 1. The van der Waals surface area contributed by atoms with Crippen LogP contribution in [-0.2, 0) is 19.4 Å². The Morgan fingerprint density at radius 1 is 1.47 bits per heavy atom. The minimum Gasteiger partial charge on any atom is -0.480 e. The van der Waals surface area contributed by atoms with Gasteiger partial charge in [0.05, 0.1) is 5.75 Å². The molecule has 1 fully saturated rings. The van der Waals surface area contributed by atoms with Crippen LogP contribution in [0.3, 0.4) is 0 Å². The molecule has 0 bridgehead atoms. The third-order valence-electron chi connectivity index (χ3n) is 2.84. The molecule has 0 aromatic rings. The zero-order valence-electron chi connectivity index (χ0n) is 9.84. The summed E-state index contributed by atoms with van der Waals surface area (Å²) in [7, 11) is -3.22. The highest BCUT2D eigenvalue weighted by molar-refractivity contribution is 7.90. The average Bonchev–Trinajstić information content (AvgIpc) is 2.87. The summed E-state index contributed by atoms with van der Waals surface area (Å²) in [6.45, 7) is 1.91. The van der Waals surface area contributed by atoms with E-state index in [-0.39, 0.29) is 24.0 Å². The summed E-state index contributed by atoms with van der Waals surface area (Å²) >= 11 is 0. The van der Waals surface area contributed by atoms with Gasteiger partial charge in [0.2, 0.25) is 5.91 Å². The Morgan fingerprint density at radius 2 is 2.00 bits per heavy atom. The molecule has 0 heterocycles. The summed E-state index contributed by atoms with van der Waals surface area (Å²) in [5.74, 6) is -1.56. The lowest BCUT2D eigenvalue weighted by molar-refractivity contribution is -0.142. The van der Waals surface area contributed by atoms with Crippen molar-refractivity contribution in [2.75, 3.05) is 12.0 Å². The van der Waals surface area contributed by atoms with Gasteiger partial charge in [0.15, 0.2) is 0 Å². The molecule has 2 N–H and O–H groups in total. The molecular formula is C10H17NO5S. The van der Waals surface area contributed by atoms with Gasteiger partial charge in [0.25, 0.3) is 0 Å². The van der Waals surface area contributed by atoms with Crippen LogP contribution in [0.4, 0.5) is 0 Å². The number of amides is 1. The summed E-state index contributed by atoms with van der Waals surface area (Å²) in [6.07, 6.45) is 1.71. The SMILES string of the molecule is CC1CC1C(=O)NC(CCS(C)(=O)=O)C(=O)O. The molecule has 6 nitrogen and oxygen atoms in total. The topological polar surface area (TPSA) is 101 Å². The van der Waals surface area contributed by atoms with Crippen LogP contribution in [0.1, 0.15) is 19.8 Å². The summed E-state index contributed by atoms with van der Waals surface area (Å²) < 4.78 is 21.9. The van der Waals surface area contributed by atoms with E-state index in [0.29, 0.717) is 5.92 Å². The molecule has 3 atom stereocenters. The van der Waals surface area contributed by atoms with Crippen LogP contribution in [0.25, 0.3) is 0 Å². The summed E-state index contributed by atoms with van der Waals surface area (Å²) in [4.78, 5) is 22.4. The molecule has 1 aliphatic rings. The molecule has 0 aromatic carbocycles. The molecule has 98 valence electrons. The zero-order chi connectivity index (χ0) is 13.2. The fourth-order valence-electron chi connectivity index (χ4n) is 1.56. The third kappa shape index (κ3) is 4.72. The Labute approximate surface area is 100 Å². The van der Waals surface area contributed by atoms with Crippen molar-refractivity contribution in [2.45, 2.75) is 25.8 Å². The predicted octanol–water partition coefficient (Wildman–Crippen LogP) is -0.353. The van der Waals surface area contributed by atoms with E-state index in [1.807, 2.05) is 6.92 Å². The highest BCUT2D eigenvalue weighted by Gasteiger charge is 2.40. The molecule has 0 radical (unpaired) electrons. The maximum absolute atomic E-state index is 11.5. The van der Waals surface area contributed by atoms with Crippen LogP contribution in [0, 0.1) is 11.8 Å². The van der Waals surface area contributed by atoms with Crippen molar-refractivity contribution in [1.82, 2.24) is 5.32 Å². The van der Waals surface area contributed by atoms with Gasteiger partial charge in [-0.2, -0.15) is 0 Å². The van der Waals surface area contributed by atoms with Crippen molar-refractivity contribution in [3.8, 4) is 0 Å². The fraction of sp³-hybridized carbons (Fsp3) is 0.800. The van der Waals surface area contributed by atoms with E-state index in [9.17, 15) is 18.0 Å². The van der Waals surface area contributed by atoms with Crippen molar-refractivity contribution >= 4 is 21.7 Å². The molecule has 1 amide bonds. The smallest absolute Gasteiger partial charge is 0.326 e. The van der Waals surface area contributed by atoms with E-state index < -0.39 is 21.8 Å². The lowest BCUT2D eigenvalue weighted by Gasteiger charge is -2.13. The Balaban J connectivity index is 2.49. The van der Waals surface area contributed by atoms with E-state index in [0.717, 1.165) is 12.7 Å². The van der Waals surface area contributed by atoms with E-state index in [4.69, 9.17) is 5.11 Å². The monoisotopic (exact) mass is 263 g/mol. The maximum Gasteiger partial charge on any atom is 0.326 e. The first-order valence-electron chi connectivity index (χ1n) is 5.41. The summed E-state index contributed by atoms with van der Waals surface area (Å²) in [5.41, 5.74) is 0. The average molecular weight is 263 g/mol. The van der Waals surface area contributed by atoms with Crippen molar-refractivity contribution < 1.29 is 23.1 Å². The van der Waals surface area contributed by atoms with Crippen molar-refractivity contribution in [3.63, 3.8) is 0 Å². The number of aliphatic carboxylic acids is 1. The van der Waals surface area contributed by atoms with Gasteiger partial charge < -0.3 is 10.4 Å². The first-order chi connectivity index (χ1) is 7.70. The quantitative estimate of drug-likeness (QED) is 0.682. The lowest BCUT2D eigenvalue weighted by atomic mass is 10.2. The standard InChI is InChI=1S/C10H17NO5S/c1-6-5-7(6)9(12)11-8(10(13)14)3-4-17(2,15)16/h6-8H,3-5H2,1-2H3,(H,11,12)(H,13,14). The third-order valence-corrected chi connectivity index (χ3v) is 3.82. The molecule has 0 spiro atoms. The number of carbonyl (C=O) groups is 2. The first-order valence-corrected chi connectivity index (χ1v) is 7.47. The minimum atomic E-state index is -3.22. The van der Waals surface area contributed by atoms with Gasteiger partial charge in [0.1, 0.15) is 15.9 Å². The van der Waals surface area contributed by atoms with E-state index in [1.165, 1.54) is 0 Å². The van der Waals surface area contributed by atoms with Gasteiger partial charge >= 0.3 is 5.97 Å². The van der Waals surface area contributed by atoms with Crippen LogP contribution in [0.5, 0.6) is 0 Å². The molecule has 1 aliphatic carbocycles. The predicted molar refractivity (Wildman–Crippen MR) is 61.2 cm³/mol. The van der Waals surface area contributed by atoms with Crippen LogP contribution in [0.15, 0.2) is 0 Å². The second kappa shape index (κ2) is 5.03. The highest BCUT2D eigenvalue weighted by atomic mass is 32.2. The molecule has 17 heavy (non-hydrogen) atoms. The molecule has 0 aliphatic heterocycles. The zero-order valence-corrected chi connectivity index (χ0v) is 10.7. The largest absolute Gasteiger partial charge is 0.480 e. The van der Waals surface area contributed by atoms with Gasteiger partial charge in [-0.15, -0.1) is 0 Å². The number of hydrogen-bond donors (Lipinski definition) is 2. The van der Waals surface area contributed by atoms with Crippen molar-refractivity contribution in [3.05, 3.63) is 0 Å². The van der Waals surface area contributed by atoms with Crippen molar-refractivity contribution in [2.24, 2.45) is 11.8 Å². The minimum absolute atomic E-state index is 0.0962. The summed E-state index contributed by atoms with van der Waals surface area (Å²) in [5, 5.41) is 11.3. The molecule has 3 unspecified atom stereocenters. The number of sulfone groups is 1. The Bertz CT molecular complexity index is 416. The van der Waals surface area contributed by atoms with E-state index in [2.05, 4.69) is 5.32 Å². The van der Waals surface area contributed by atoms with Crippen LogP contribution in [-0.4, -0.2) is 43.5 Å². The van der Waals surface area contributed by atoms with Gasteiger partial charge in [-0.3, -0.25) is 4.79 Å². The fourth-order valence-corrected chi connectivity index (χ4v) is 2.22. The van der Waals surface area contributed by atoms with Crippen LogP contribution in [0.2, 0.25) is 0 Å². The van der Waals surface area contributed by atoms with Crippen LogP contribution < -0.4 is 5.32 Å².